The first kappa shape index (κ1) is 38.3. The third-order valence-corrected chi connectivity index (χ3v) is 11.9. The molecule has 6 atom stereocenters. The molecule has 4 heterocycles. The molecule has 1 saturated carbocycles. The lowest BCUT2D eigenvalue weighted by atomic mass is 10.0. The number of allylic oxidation sites excluding steroid dienone is 3. The van der Waals surface area contributed by atoms with E-state index in [1.54, 1.807) is 0 Å². The third-order valence-electron chi connectivity index (χ3n) is 11.9. The number of rotatable bonds is 7. The molecular formula is C45H53N7O5. The average Bonchev–Trinajstić information content (AvgIpc) is 3.99. The van der Waals surface area contributed by atoms with Gasteiger partial charge >= 0.3 is 12.2 Å². The molecule has 3 fully saturated rings. The number of amides is 3. The van der Waals surface area contributed by atoms with Crippen molar-refractivity contribution in [2.75, 3.05) is 13.7 Å². The molecule has 4 aliphatic rings. The van der Waals surface area contributed by atoms with Gasteiger partial charge in [-0.25, -0.2) is 19.6 Å². The Kier molecular flexibility index (Phi) is 10.1. The summed E-state index contributed by atoms with van der Waals surface area (Å²) < 4.78 is 10.7. The Balaban J connectivity index is 1.02. The Morgan fingerprint density at radius 3 is 2.58 bits per heavy atom. The summed E-state index contributed by atoms with van der Waals surface area (Å²) in [5, 5.41) is 4.71. The fourth-order valence-electron chi connectivity index (χ4n) is 9.15. The molecule has 12 heteroatoms. The van der Waals surface area contributed by atoms with E-state index in [1.807, 2.05) is 62.8 Å². The zero-order chi connectivity index (χ0) is 40.2. The van der Waals surface area contributed by atoms with E-state index >= 15 is 0 Å². The lowest BCUT2D eigenvalue weighted by molar-refractivity contribution is -0.135. The maximum Gasteiger partial charge on any atom is 0.411 e. The van der Waals surface area contributed by atoms with Crippen molar-refractivity contribution in [2.45, 2.75) is 103 Å². The van der Waals surface area contributed by atoms with Gasteiger partial charge < -0.3 is 29.7 Å². The van der Waals surface area contributed by atoms with Gasteiger partial charge in [-0.2, -0.15) is 0 Å². The first-order chi connectivity index (χ1) is 27.3. The number of hydrogen-bond acceptors (Lipinski definition) is 7. The van der Waals surface area contributed by atoms with Crippen molar-refractivity contribution in [3.05, 3.63) is 82.4 Å². The average molecular weight is 772 g/mol. The van der Waals surface area contributed by atoms with Gasteiger partial charge in [0.25, 0.3) is 0 Å². The van der Waals surface area contributed by atoms with E-state index in [4.69, 9.17) is 19.4 Å². The predicted octanol–water partition coefficient (Wildman–Crippen LogP) is 6.91. The summed E-state index contributed by atoms with van der Waals surface area (Å²) in [6, 6.07) is 11.7. The van der Waals surface area contributed by atoms with Crippen molar-refractivity contribution < 1.29 is 23.9 Å². The maximum absolute atomic E-state index is 13.8. The van der Waals surface area contributed by atoms with Gasteiger partial charge in [0, 0.05) is 23.4 Å². The van der Waals surface area contributed by atoms with E-state index in [0.717, 1.165) is 87.6 Å². The molecule has 0 spiro atoms. The van der Waals surface area contributed by atoms with E-state index in [9.17, 15) is 14.4 Å². The van der Waals surface area contributed by atoms with Crippen LogP contribution in [0.2, 0.25) is 0 Å². The largest absolute Gasteiger partial charge is 0.453 e. The van der Waals surface area contributed by atoms with Crippen molar-refractivity contribution in [2.24, 2.45) is 17.8 Å². The Morgan fingerprint density at radius 2 is 1.81 bits per heavy atom. The molecule has 2 aliphatic carbocycles. The van der Waals surface area contributed by atoms with Gasteiger partial charge in [-0.15, -0.1) is 5.73 Å². The highest BCUT2D eigenvalue weighted by atomic mass is 16.6. The minimum Gasteiger partial charge on any atom is -0.453 e. The number of carbonyl (C=O) groups excluding carboxylic acids is 3. The molecule has 2 aromatic heterocycles. The number of ether oxygens (including phenoxy) is 2. The SMILES string of the molecule is COC(=O)NC(C(=O)N1CC(C)CC1c1ncc(-c2ccc3c(c2)=C=CC=C(c2ccc4nc(C5CC6CCCC6N5C(=O)OC(C)(C)C)[nH]c4c2)C=3)[nH]1)C(C)C. The molecule has 0 radical (unpaired) electrons. The molecule has 4 aromatic rings. The zero-order valence-corrected chi connectivity index (χ0v) is 33.9. The van der Waals surface area contributed by atoms with E-state index in [1.165, 1.54) is 7.11 Å². The van der Waals surface area contributed by atoms with Gasteiger partial charge in [-0.05, 0) is 117 Å². The van der Waals surface area contributed by atoms with Crippen LogP contribution in [0.1, 0.15) is 103 Å². The number of nitrogens with zero attached hydrogens (tertiary/aromatic N) is 4. The topological polar surface area (TPSA) is 146 Å². The molecule has 12 nitrogen and oxygen atoms in total. The number of imidazole rings is 2. The smallest absolute Gasteiger partial charge is 0.411 e. The zero-order valence-electron chi connectivity index (χ0n) is 33.9. The van der Waals surface area contributed by atoms with E-state index in [0.29, 0.717) is 12.5 Å². The molecule has 298 valence electrons. The molecule has 2 aromatic carbocycles. The van der Waals surface area contributed by atoms with Crippen molar-refractivity contribution in [3.63, 3.8) is 0 Å². The second kappa shape index (κ2) is 15.0. The van der Waals surface area contributed by atoms with Crippen LogP contribution >= 0.6 is 0 Å². The number of likely N-dealkylation sites (tertiary alicyclic amines) is 2. The minimum atomic E-state index is -0.700. The summed E-state index contributed by atoms with van der Waals surface area (Å²) in [5.41, 5.74) is 8.60. The first-order valence-corrected chi connectivity index (χ1v) is 20.3. The molecule has 6 unspecified atom stereocenters. The molecule has 57 heavy (non-hydrogen) atoms. The highest BCUT2D eigenvalue weighted by molar-refractivity contribution is 5.93. The number of methoxy groups -OCH3 is 1. The van der Waals surface area contributed by atoms with Crippen LogP contribution < -0.4 is 15.8 Å². The van der Waals surface area contributed by atoms with Crippen molar-refractivity contribution in [1.29, 1.82) is 0 Å². The van der Waals surface area contributed by atoms with Crippen LogP contribution in [0.4, 0.5) is 9.59 Å². The Labute approximate surface area is 333 Å². The molecule has 2 saturated heterocycles. The molecular weight excluding hydrogens is 719 g/mol. The number of carbonyl (C=O) groups is 3. The highest BCUT2D eigenvalue weighted by Crippen LogP contribution is 2.48. The van der Waals surface area contributed by atoms with E-state index in [-0.39, 0.29) is 42.0 Å². The summed E-state index contributed by atoms with van der Waals surface area (Å²) in [7, 11) is 1.30. The van der Waals surface area contributed by atoms with Gasteiger partial charge in [0.05, 0.1) is 42.1 Å². The van der Waals surface area contributed by atoms with Gasteiger partial charge in [0.1, 0.15) is 23.3 Å². The lowest BCUT2D eigenvalue weighted by Crippen LogP contribution is -2.51. The first-order valence-electron chi connectivity index (χ1n) is 20.3. The lowest BCUT2D eigenvalue weighted by Gasteiger charge is -2.31. The summed E-state index contributed by atoms with van der Waals surface area (Å²) in [6.07, 6.45) is 12.1. The van der Waals surface area contributed by atoms with Gasteiger partial charge in [0.15, 0.2) is 0 Å². The number of benzene rings is 2. The summed E-state index contributed by atoms with van der Waals surface area (Å²) in [4.78, 5) is 59.9. The molecule has 8 rings (SSSR count). The molecule has 3 N–H and O–H groups in total. The fraction of sp³-hybridized carbons (Fsp3) is 0.467. The summed E-state index contributed by atoms with van der Waals surface area (Å²) >= 11 is 0. The van der Waals surface area contributed by atoms with Gasteiger partial charge in [-0.1, -0.05) is 45.4 Å². The highest BCUT2D eigenvalue weighted by Gasteiger charge is 2.49. The van der Waals surface area contributed by atoms with Crippen molar-refractivity contribution in [1.82, 2.24) is 35.1 Å². The number of aromatic nitrogens is 4. The van der Waals surface area contributed by atoms with Crippen molar-refractivity contribution in [3.8, 4) is 11.3 Å². The van der Waals surface area contributed by atoms with Gasteiger partial charge in [0.2, 0.25) is 5.91 Å². The third kappa shape index (κ3) is 7.63. The minimum absolute atomic E-state index is 0.114. The number of hydrogen-bond donors (Lipinski definition) is 3. The number of nitrogens with one attached hydrogen (secondary N) is 3. The Bertz CT molecular complexity index is 2410. The van der Waals surface area contributed by atoms with Crippen LogP contribution in [0, 0.1) is 17.8 Å². The molecule has 0 bridgehead atoms. The van der Waals surface area contributed by atoms with Crippen LogP contribution in [0.15, 0.2) is 54.7 Å². The quantitative estimate of drug-likeness (QED) is 0.185. The maximum atomic E-state index is 13.8. The monoisotopic (exact) mass is 771 g/mol. The number of fused-ring (bicyclic) bond motifs is 3. The number of aromatic amines is 2. The Morgan fingerprint density at radius 1 is 1.00 bits per heavy atom. The molecule has 2 aliphatic heterocycles. The fourth-order valence-corrected chi connectivity index (χ4v) is 9.15. The number of H-pyrrole nitrogens is 2. The van der Waals surface area contributed by atoms with Crippen LogP contribution in [-0.4, -0.2) is 79.2 Å². The summed E-state index contributed by atoms with van der Waals surface area (Å²) in [5.74, 6) is 2.02. The van der Waals surface area contributed by atoms with Crippen LogP contribution in [0.3, 0.4) is 0 Å². The standard InChI is InChI=1S/C45H53N7O5/c1-25(2)39(50-43(54)56-7)42(53)51-24-26(3)18-37(51)40-46-23-35(49-40)31-15-14-29-19-27(10-8-11-28(29)20-31)30-16-17-33-34(21-30)48-41(47-33)38-22-32-12-9-13-36(32)52(38)44(55)57-45(4,5)6/h8,10,14-17,19-21,23,25-26,32,36-39H,9,12-13,18,22,24H2,1-7H3,(H,46,49)(H,47,48)(H,50,54). The second-order valence-corrected chi connectivity index (χ2v) is 17.5. The molecule has 3 amide bonds. The van der Waals surface area contributed by atoms with Crippen LogP contribution in [-0.2, 0) is 14.3 Å². The van der Waals surface area contributed by atoms with E-state index < -0.39 is 17.7 Å². The van der Waals surface area contributed by atoms with Gasteiger partial charge in [-0.3, -0.25) is 9.69 Å². The summed E-state index contributed by atoms with van der Waals surface area (Å²) in [6.45, 7) is 12.3. The predicted molar refractivity (Wildman–Crippen MR) is 219 cm³/mol. The second-order valence-electron chi connectivity index (χ2n) is 17.5. The van der Waals surface area contributed by atoms with E-state index in [2.05, 4.69) is 70.4 Å². The normalized spacial score (nSPS) is 23.4. The Hall–Kier alpha value is -5.61. The van der Waals surface area contributed by atoms with Crippen molar-refractivity contribution >= 4 is 46.5 Å². The number of alkyl carbamates (subject to hydrolysis) is 1. The van der Waals surface area contributed by atoms with Crippen LogP contribution in [0.5, 0.6) is 0 Å². The van der Waals surface area contributed by atoms with Crippen LogP contribution in [0.25, 0.3) is 39.7 Å².